The Morgan fingerprint density at radius 2 is 2.47 bits per heavy atom. The van der Waals surface area contributed by atoms with E-state index in [0.717, 1.165) is 25.3 Å². The lowest BCUT2D eigenvalue weighted by Crippen LogP contribution is -2.29. The zero-order valence-electron chi connectivity index (χ0n) is 9.47. The molecule has 1 atom stereocenters. The normalized spacial score (nSPS) is 19.3. The zero-order valence-corrected chi connectivity index (χ0v) is 9.47. The van der Waals surface area contributed by atoms with Gasteiger partial charge in [0.25, 0.3) is 0 Å². The highest BCUT2D eigenvalue weighted by Gasteiger charge is 2.23. The fourth-order valence-corrected chi connectivity index (χ4v) is 2.02. The van der Waals surface area contributed by atoms with Crippen molar-refractivity contribution in [3.05, 3.63) is 18.3 Å². The molecule has 4 N–H and O–H groups in total. The van der Waals surface area contributed by atoms with Crippen LogP contribution < -0.4 is 16.0 Å². The third-order valence-corrected chi connectivity index (χ3v) is 2.92. The lowest BCUT2D eigenvalue weighted by molar-refractivity contribution is 0.192. The van der Waals surface area contributed by atoms with E-state index in [1.165, 1.54) is 0 Å². The lowest BCUT2D eigenvalue weighted by atomic mass is 10.1. The fourth-order valence-electron chi connectivity index (χ4n) is 2.02. The van der Waals surface area contributed by atoms with Gasteiger partial charge in [0.1, 0.15) is 5.82 Å². The Labute approximate surface area is 99.4 Å². The lowest BCUT2D eigenvalue weighted by Gasteiger charge is -2.17. The summed E-state index contributed by atoms with van der Waals surface area (Å²) >= 11 is 0. The van der Waals surface area contributed by atoms with Crippen molar-refractivity contribution >= 4 is 17.6 Å². The summed E-state index contributed by atoms with van der Waals surface area (Å²) in [5.41, 5.74) is 6.23. The Hall–Kier alpha value is -1.98. The number of carbonyl (C=O) groups is 1. The number of nitrogens with two attached hydrogens (primary N) is 1. The maximum absolute atomic E-state index is 10.4. The highest BCUT2D eigenvalue weighted by atomic mass is 16.4. The summed E-state index contributed by atoms with van der Waals surface area (Å²) in [7, 11) is 0. The first-order valence-corrected chi connectivity index (χ1v) is 5.58. The van der Waals surface area contributed by atoms with Gasteiger partial charge in [-0.1, -0.05) is 0 Å². The number of rotatable bonds is 3. The second-order valence-corrected chi connectivity index (χ2v) is 4.24. The average molecular weight is 236 g/mol. The Morgan fingerprint density at radius 1 is 1.65 bits per heavy atom. The highest BCUT2D eigenvalue weighted by Crippen LogP contribution is 2.21. The number of anilines is 2. The number of aromatic nitrogens is 1. The first-order valence-electron chi connectivity index (χ1n) is 5.58. The molecular weight excluding hydrogens is 220 g/mol. The molecule has 1 aliphatic rings. The molecule has 1 fully saturated rings. The SMILES string of the molecule is Nc1ccc(N2CC[C@H](CNC(=O)O)C2)nc1. The fraction of sp³-hybridized carbons (Fsp3) is 0.455. The molecule has 2 heterocycles. The Kier molecular flexibility index (Phi) is 3.32. The quantitative estimate of drug-likeness (QED) is 0.720. The molecule has 0 radical (unpaired) electrons. The number of nitrogens with zero attached hydrogens (tertiary/aromatic N) is 2. The maximum atomic E-state index is 10.4. The van der Waals surface area contributed by atoms with Crippen LogP contribution in [0.15, 0.2) is 18.3 Å². The molecule has 17 heavy (non-hydrogen) atoms. The minimum absolute atomic E-state index is 0.352. The molecule has 0 aromatic carbocycles. The van der Waals surface area contributed by atoms with E-state index in [1.807, 2.05) is 12.1 Å². The molecule has 1 saturated heterocycles. The van der Waals surface area contributed by atoms with Gasteiger partial charge in [0.05, 0.1) is 11.9 Å². The molecule has 1 aromatic heterocycles. The molecule has 1 aromatic rings. The van der Waals surface area contributed by atoms with Gasteiger partial charge < -0.3 is 21.1 Å². The van der Waals surface area contributed by atoms with E-state index < -0.39 is 6.09 Å². The molecule has 2 rings (SSSR count). The summed E-state index contributed by atoms with van der Waals surface area (Å²) in [6.07, 6.45) is 1.65. The third kappa shape index (κ3) is 2.99. The first-order chi connectivity index (χ1) is 8.15. The van der Waals surface area contributed by atoms with Crippen LogP contribution in [0.25, 0.3) is 0 Å². The first kappa shape index (κ1) is 11.5. The van der Waals surface area contributed by atoms with Crippen LogP contribution in [0.5, 0.6) is 0 Å². The average Bonchev–Trinajstić information content (AvgIpc) is 2.76. The highest BCUT2D eigenvalue weighted by molar-refractivity contribution is 5.64. The van der Waals surface area contributed by atoms with Crippen molar-refractivity contribution in [1.29, 1.82) is 0 Å². The molecule has 0 saturated carbocycles. The molecule has 0 bridgehead atoms. The maximum Gasteiger partial charge on any atom is 0.404 e. The number of carboxylic acid groups (broad SMARTS) is 1. The predicted octanol–water partition coefficient (Wildman–Crippen LogP) is 0.758. The molecule has 6 heteroatoms. The van der Waals surface area contributed by atoms with Crippen LogP contribution in [0, 0.1) is 5.92 Å². The number of hydrogen-bond donors (Lipinski definition) is 3. The molecular formula is C11H16N4O2. The third-order valence-electron chi connectivity index (χ3n) is 2.92. The van der Waals surface area contributed by atoms with E-state index in [1.54, 1.807) is 6.20 Å². The minimum Gasteiger partial charge on any atom is -0.465 e. The van der Waals surface area contributed by atoms with Crippen LogP contribution in [-0.2, 0) is 0 Å². The van der Waals surface area contributed by atoms with E-state index in [9.17, 15) is 4.79 Å². The van der Waals surface area contributed by atoms with Gasteiger partial charge in [0.2, 0.25) is 0 Å². The van der Waals surface area contributed by atoms with Crippen molar-refractivity contribution in [2.75, 3.05) is 30.3 Å². The topological polar surface area (TPSA) is 91.5 Å². The minimum atomic E-state index is -0.964. The number of hydrogen-bond acceptors (Lipinski definition) is 4. The van der Waals surface area contributed by atoms with Crippen molar-refractivity contribution in [2.45, 2.75) is 6.42 Å². The monoisotopic (exact) mass is 236 g/mol. The van der Waals surface area contributed by atoms with E-state index in [-0.39, 0.29) is 0 Å². The van der Waals surface area contributed by atoms with Gasteiger partial charge in [-0.05, 0) is 24.5 Å². The smallest absolute Gasteiger partial charge is 0.404 e. The van der Waals surface area contributed by atoms with Gasteiger partial charge in [-0.3, -0.25) is 0 Å². The summed E-state index contributed by atoms with van der Waals surface area (Å²) in [6, 6.07) is 3.72. The van der Waals surface area contributed by atoms with E-state index >= 15 is 0 Å². The Balaban J connectivity index is 1.89. The van der Waals surface area contributed by atoms with Crippen LogP contribution in [0.3, 0.4) is 0 Å². The van der Waals surface area contributed by atoms with Gasteiger partial charge in [0, 0.05) is 19.6 Å². The molecule has 0 unspecified atom stereocenters. The number of nitrogens with one attached hydrogen (secondary N) is 1. The van der Waals surface area contributed by atoms with Crippen LogP contribution >= 0.6 is 0 Å². The Bertz CT molecular complexity index is 393. The van der Waals surface area contributed by atoms with Crippen molar-refractivity contribution in [1.82, 2.24) is 10.3 Å². The Morgan fingerprint density at radius 3 is 3.12 bits per heavy atom. The summed E-state index contributed by atoms with van der Waals surface area (Å²) in [6.45, 7) is 2.24. The second-order valence-electron chi connectivity index (χ2n) is 4.24. The molecule has 1 amide bonds. The zero-order chi connectivity index (χ0) is 12.3. The van der Waals surface area contributed by atoms with Crippen LogP contribution in [0.4, 0.5) is 16.3 Å². The van der Waals surface area contributed by atoms with Crippen molar-refractivity contribution in [2.24, 2.45) is 5.92 Å². The van der Waals surface area contributed by atoms with E-state index in [4.69, 9.17) is 10.8 Å². The summed E-state index contributed by atoms with van der Waals surface area (Å²) in [5.74, 6) is 1.25. The van der Waals surface area contributed by atoms with Crippen molar-refractivity contribution < 1.29 is 9.90 Å². The van der Waals surface area contributed by atoms with Crippen LogP contribution in [0.2, 0.25) is 0 Å². The summed E-state index contributed by atoms with van der Waals surface area (Å²) < 4.78 is 0. The summed E-state index contributed by atoms with van der Waals surface area (Å²) in [4.78, 5) is 16.8. The van der Waals surface area contributed by atoms with Crippen molar-refractivity contribution in [3.8, 4) is 0 Å². The van der Waals surface area contributed by atoms with E-state index in [0.29, 0.717) is 18.2 Å². The second kappa shape index (κ2) is 4.90. The van der Waals surface area contributed by atoms with Gasteiger partial charge in [-0.2, -0.15) is 0 Å². The van der Waals surface area contributed by atoms with Gasteiger partial charge in [0.15, 0.2) is 0 Å². The largest absolute Gasteiger partial charge is 0.465 e. The summed E-state index contributed by atoms with van der Waals surface area (Å²) in [5, 5.41) is 11.0. The van der Waals surface area contributed by atoms with Crippen LogP contribution in [-0.4, -0.2) is 35.8 Å². The van der Waals surface area contributed by atoms with Gasteiger partial charge in [-0.25, -0.2) is 9.78 Å². The number of nitrogen functional groups attached to an aromatic ring is 1. The number of amides is 1. The predicted molar refractivity (Wildman–Crippen MR) is 65.0 cm³/mol. The van der Waals surface area contributed by atoms with E-state index in [2.05, 4.69) is 15.2 Å². The van der Waals surface area contributed by atoms with Gasteiger partial charge >= 0.3 is 6.09 Å². The molecule has 0 aliphatic carbocycles. The number of pyridine rings is 1. The molecule has 6 nitrogen and oxygen atoms in total. The molecule has 1 aliphatic heterocycles. The molecule has 0 spiro atoms. The van der Waals surface area contributed by atoms with Crippen LogP contribution in [0.1, 0.15) is 6.42 Å². The van der Waals surface area contributed by atoms with Gasteiger partial charge in [-0.15, -0.1) is 0 Å². The standard InChI is InChI=1S/C11H16N4O2/c12-9-1-2-10(13-6-9)15-4-3-8(7-15)5-14-11(16)17/h1-2,6,8,14H,3-5,7,12H2,(H,16,17)/t8-/m1/s1. The molecule has 92 valence electrons. The van der Waals surface area contributed by atoms with Crippen molar-refractivity contribution in [3.63, 3.8) is 0 Å².